The molecule has 1 aromatic carbocycles. The Balaban J connectivity index is 2.29. The maximum atomic E-state index is 10.7. The van der Waals surface area contributed by atoms with E-state index in [0.29, 0.717) is 0 Å². The van der Waals surface area contributed by atoms with Crippen molar-refractivity contribution >= 4 is 6.09 Å². The van der Waals surface area contributed by atoms with E-state index in [1.165, 1.54) is 0 Å². The first-order chi connectivity index (χ1) is 7.22. The minimum Gasteiger partial charge on any atom is -0.465 e. The van der Waals surface area contributed by atoms with Crippen LogP contribution in [-0.4, -0.2) is 24.4 Å². The van der Waals surface area contributed by atoms with Crippen molar-refractivity contribution < 1.29 is 14.6 Å². The summed E-state index contributed by atoms with van der Waals surface area (Å²) in [6.07, 6.45) is -0.352. The van der Waals surface area contributed by atoms with Gasteiger partial charge in [0.05, 0.1) is 12.1 Å². The Labute approximate surface area is 87.9 Å². The van der Waals surface area contributed by atoms with Gasteiger partial charge in [-0.1, -0.05) is 24.3 Å². The van der Waals surface area contributed by atoms with Crippen LogP contribution in [0.3, 0.4) is 0 Å². The number of amides is 1. The predicted octanol–water partition coefficient (Wildman–Crippen LogP) is 1.57. The fraction of sp³-hybridized carbons (Fsp3) is 0.364. The molecule has 0 aliphatic heterocycles. The minimum absolute atomic E-state index is 0.0986. The number of hydrogen-bond acceptors (Lipinski definition) is 2. The number of fused-ring (bicyclic) bond motifs is 1. The zero-order valence-corrected chi connectivity index (χ0v) is 8.43. The Kier molecular flexibility index (Phi) is 2.60. The number of carbonyl (C=O) groups is 1. The number of ether oxygens (including phenoxy) is 1. The molecule has 1 amide bonds. The third kappa shape index (κ3) is 1.80. The Bertz CT molecular complexity index is 378. The highest BCUT2D eigenvalue weighted by molar-refractivity contribution is 5.66. The quantitative estimate of drug-likeness (QED) is 0.773. The summed E-state index contributed by atoms with van der Waals surface area (Å²) in [7, 11) is 1.60. The predicted molar refractivity (Wildman–Crippen MR) is 54.8 cm³/mol. The molecule has 0 bridgehead atoms. The van der Waals surface area contributed by atoms with Crippen LogP contribution in [-0.2, 0) is 11.2 Å². The maximum absolute atomic E-state index is 10.7. The molecular weight excluding hydrogens is 194 g/mol. The molecule has 0 radical (unpaired) electrons. The second kappa shape index (κ2) is 3.90. The van der Waals surface area contributed by atoms with Crippen molar-refractivity contribution in [1.29, 1.82) is 0 Å². The lowest BCUT2D eigenvalue weighted by Gasteiger charge is -2.18. The summed E-state index contributed by atoms with van der Waals surface area (Å²) in [5.41, 5.74) is 2.18. The van der Waals surface area contributed by atoms with Crippen LogP contribution >= 0.6 is 0 Å². The van der Waals surface area contributed by atoms with Crippen molar-refractivity contribution in [2.75, 3.05) is 7.11 Å². The van der Waals surface area contributed by atoms with Crippen LogP contribution in [0.25, 0.3) is 0 Å². The van der Waals surface area contributed by atoms with Gasteiger partial charge in [-0.3, -0.25) is 0 Å². The van der Waals surface area contributed by atoms with Crippen molar-refractivity contribution in [3.63, 3.8) is 0 Å². The van der Waals surface area contributed by atoms with Crippen molar-refractivity contribution in [2.45, 2.75) is 18.6 Å². The van der Waals surface area contributed by atoms with Gasteiger partial charge in [0.25, 0.3) is 0 Å². The molecule has 2 rings (SSSR count). The average Bonchev–Trinajstić information content (AvgIpc) is 2.56. The summed E-state index contributed by atoms with van der Waals surface area (Å²) >= 11 is 0. The van der Waals surface area contributed by atoms with E-state index in [2.05, 4.69) is 5.32 Å². The molecule has 4 heteroatoms. The summed E-state index contributed by atoms with van der Waals surface area (Å²) in [4.78, 5) is 10.7. The molecule has 2 N–H and O–H groups in total. The molecule has 0 saturated carbocycles. The minimum atomic E-state index is -1.02. The van der Waals surface area contributed by atoms with Gasteiger partial charge in [-0.15, -0.1) is 0 Å². The SMILES string of the molecule is CO[C@H]1Cc2ccccc2[C@H]1NC(=O)O. The Morgan fingerprint density at radius 1 is 1.53 bits per heavy atom. The molecule has 1 aliphatic rings. The second-order valence-electron chi connectivity index (χ2n) is 3.60. The van der Waals surface area contributed by atoms with Crippen molar-refractivity contribution in [2.24, 2.45) is 0 Å². The zero-order valence-electron chi connectivity index (χ0n) is 8.43. The van der Waals surface area contributed by atoms with Crippen LogP contribution in [0.4, 0.5) is 4.79 Å². The fourth-order valence-electron chi connectivity index (χ4n) is 2.08. The second-order valence-corrected chi connectivity index (χ2v) is 3.60. The van der Waals surface area contributed by atoms with Crippen molar-refractivity contribution in [3.8, 4) is 0 Å². The largest absolute Gasteiger partial charge is 0.465 e. The monoisotopic (exact) mass is 207 g/mol. The van der Waals surface area contributed by atoms with E-state index in [1.807, 2.05) is 24.3 Å². The molecule has 1 aliphatic carbocycles. The molecule has 0 fully saturated rings. The molecule has 0 aromatic heterocycles. The summed E-state index contributed by atoms with van der Waals surface area (Å²) in [5, 5.41) is 11.2. The van der Waals surface area contributed by atoms with Crippen LogP contribution in [0.1, 0.15) is 17.2 Å². The lowest BCUT2D eigenvalue weighted by atomic mass is 10.1. The smallest absolute Gasteiger partial charge is 0.405 e. The van der Waals surface area contributed by atoms with Crippen LogP contribution in [0.15, 0.2) is 24.3 Å². The van der Waals surface area contributed by atoms with Crippen molar-refractivity contribution in [3.05, 3.63) is 35.4 Å². The van der Waals surface area contributed by atoms with E-state index >= 15 is 0 Å². The Morgan fingerprint density at radius 3 is 2.93 bits per heavy atom. The molecule has 1 aromatic rings. The molecule has 0 heterocycles. The lowest BCUT2D eigenvalue weighted by Crippen LogP contribution is -2.33. The molecule has 15 heavy (non-hydrogen) atoms. The van der Waals surface area contributed by atoms with E-state index in [-0.39, 0.29) is 12.1 Å². The first-order valence-electron chi connectivity index (χ1n) is 4.82. The van der Waals surface area contributed by atoms with Gasteiger partial charge in [-0.2, -0.15) is 0 Å². The molecule has 0 unspecified atom stereocenters. The highest BCUT2D eigenvalue weighted by Crippen LogP contribution is 2.32. The Morgan fingerprint density at radius 2 is 2.27 bits per heavy atom. The van der Waals surface area contributed by atoms with Gasteiger partial charge in [-0.05, 0) is 11.1 Å². The number of hydrogen-bond donors (Lipinski definition) is 2. The molecule has 4 nitrogen and oxygen atoms in total. The van der Waals surface area contributed by atoms with E-state index in [9.17, 15) is 4.79 Å². The average molecular weight is 207 g/mol. The fourth-order valence-corrected chi connectivity index (χ4v) is 2.08. The molecular formula is C11H13NO3. The third-order valence-electron chi connectivity index (χ3n) is 2.76. The van der Waals surface area contributed by atoms with Crippen molar-refractivity contribution in [1.82, 2.24) is 5.32 Å². The highest BCUT2D eigenvalue weighted by atomic mass is 16.5. The molecule has 0 spiro atoms. The summed E-state index contributed by atoms with van der Waals surface area (Å²) < 4.78 is 5.28. The van der Waals surface area contributed by atoms with Gasteiger partial charge in [0.15, 0.2) is 0 Å². The normalized spacial score (nSPS) is 23.5. The molecule has 2 atom stereocenters. The first kappa shape index (κ1) is 9.98. The number of benzene rings is 1. The zero-order chi connectivity index (χ0) is 10.8. The topological polar surface area (TPSA) is 58.6 Å². The number of methoxy groups -OCH3 is 1. The van der Waals surface area contributed by atoms with Crippen LogP contribution in [0, 0.1) is 0 Å². The Hall–Kier alpha value is -1.55. The van der Waals surface area contributed by atoms with Gasteiger partial charge in [-0.25, -0.2) is 4.79 Å². The number of rotatable bonds is 2. The van der Waals surface area contributed by atoms with Crippen LogP contribution in [0.2, 0.25) is 0 Å². The van der Waals surface area contributed by atoms with E-state index in [4.69, 9.17) is 9.84 Å². The first-order valence-corrected chi connectivity index (χ1v) is 4.82. The molecule has 0 saturated heterocycles. The van der Waals surface area contributed by atoms with Gasteiger partial charge < -0.3 is 15.2 Å². The van der Waals surface area contributed by atoms with Crippen LogP contribution in [0.5, 0.6) is 0 Å². The number of nitrogens with one attached hydrogen (secondary N) is 1. The molecule has 80 valence electrons. The number of carboxylic acid groups (broad SMARTS) is 1. The highest BCUT2D eigenvalue weighted by Gasteiger charge is 2.33. The van der Waals surface area contributed by atoms with Gasteiger partial charge >= 0.3 is 6.09 Å². The van der Waals surface area contributed by atoms with Gasteiger partial charge in [0, 0.05) is 13.5 Å². The third-order valence-corrected chi connectivity index (χ3v) is 2.76. The van der Waals surface area contributed by atoms with E-state index in [0.717, 1.165) is 17.5 Å². The lowest BCUT2D eigenvalue weighted by molar-refractivity contribution is 0.0776. The maximum Gasteiger partial charge on any atom is 0.405 e. The summed E-state index contributed by atoms with van der Waals surface area (Å²) in [6, 6.07) is 7.56. The summed E-state index contributed by atoms with van der Waals surface area (Å²) in [5.74, 6) is 0. The standard InChI is InChI=1S/C11H13NO3/c1-15-9-6-7-4-2-3-5-8(7)10(9)12-11(13)14/h2-5,9-10,12H,6H2,1H3,(H,13,14)/t9-,10+/m0/s1. The summed E-state index contributed by atoms with van der Waals surface area (Å²) in [6.45, 7) is 0. The van der Waals surface area contributed by atoms with E-state index in [1.54, 1.807) is 7.11 Å². The van der Waals surface area contributed by atoms with Gasteiger partial charge in [0.2, 0.25) is 0 Å². The van der Waals surface area contributed by atoms with E-state index < -0.39 is 6.09 Å². The van der Waals surface area contributed by atoms with Gasteiger partial charge in [0.1, 0.15) is 0 Å². The van der Waals surface area contributed by atoms with Crippen LogP contribution < -0.4 is 5.32 Å².